The summed E-state index contributed by atoms with van der Waals surface area (Å²) in [6, 6.07) is 10.6. The Morgan fingerprint density at radius 1 is 1.14 bits per heavy atom. The predicted molar refractivity (Wildman–Crippen MR) is 117 cm³/mol. The minimum atomic E-state index is -0.363. The van der Waals surface area contributed by atoms with E-state index in [1.807, 2.05) is 25.7 Å². The number of fused-ring (bicyclic) bond motifs is 1. The molecular formula is C24H30N2O2S. The van der Waals surface area contributed by atoms with Crippen molar-refractivity contribution in [2.45, 2.75) is 58.5 Å². The van der Waals surface area contributed by atoms with Gasteiger partial charge in [-0.15, -0.1) is 11.3 Å². The highest BCUT2D eigenvalue weighted by molar-refractivity contribution is 7.10. The fourth-order valence-corrected chi connectivity index (χ4v) is 5.02. The smallest absolute Gasteiger partial charge is 0.243 e. The van der Waals surface area contributed by atoms with Crippen LogP contribution in [0.2, 0.25) is 0 Å². The molecule has 1 aliphatic heterocycles. The summed E-state index contributed by atoms with van der Waals surface area (Å²) in [5.74, 6) is 0.280. The zero-order valence-electron chi connectivity index (χ0n) is 17.8. The normalized spacial score (nSPS) is 19.0. The number of hydrogen-bond acceptors (Lipinski definition) is 3. The second kappa shape index (κ2) is 7.60. The molecule has 0 bridgehead atoms. The molecule has 2 aromatic rings. The van der Waals surface area contributed by atoms with Gasteiger partial charge in [0.05, 0.1) is 6.04 Å². The van der Waals surface area contributed by atoms with Gasteiger partial charge in [0.15, 0.2) is 0 Å². The van der Waals surface area contributed by atoms with Gasteiger partial charge in [0.1, 0.15) is 6.54 Å². The first-order chi connectivity index (χ1) is 13.8. The Morgan fingerprint density at radius 3 is 2.45 bits per heavy atom. The molecule has 1 aromatic heterocycles. The molecule has 0 N–H and O–H groups in total. The number of nitrogens with zero attached hydrogens (tertiary/aromatic N) is 2. The van der Waals surface area contributed by atoms with E-state index in [-0.39, 0.29) is 35.9 Å². The van der Waals surface area contributed by atoms with Crippen LogP contribution in [0.15, 0.2) is 35.7 Å². The number of carbonyl (C=O) groups is 2. The van der Waals surface area contributed by atoms with Crippen LogP contribution < -0.4 is 0 Å². The van der Waals surface area contributed by atoms with E-state index in [9.17, 15) is 9.59 Å². The van der Waals surface area contributed by atoms with Gasteiger partial charge in [-0.05, 0) is 69.5 Å². The molecule has 2 amide bonds. The Balaban J connectivity index is 1.63. The van der Waals surface area contributed by atoms with Crippen molar-refractivity contribution < 1.29 is 9.59 Å². The topological polar surface area (TPSA) is 40.6 Å². The van der Waals surface area contributed by atoms with Gasteiger partial charge in [-0.3, -0.25) is 9.59 Å². The van der Waals surface area contributed by atoms with E-state index < -0.39 is 0 Å². The van der Waals surface area contributed by atoms with Gasteiger partial charge in [0, 0.05) is 22.9 Å². The number of benzene rings is 1. The fraction of sp³-hybridized carbons (Fsp3) is 0.500. The lowest BCUT2D eigenvalue weighted by molar-refractivity contribution is -0.146. The molecule has 2 aliphatic rings. The van der Waals surface area contributed by atoms with Gasteiger partial charge >= 0.3 is 0 Å². The fourth-order valence-electron chi connectivity index (χ4n) is 4.12. The Morgan fingerprint density at radius 2 is 1.83 bits per heavy atom. The number of amides is 2. The van der Waals surface area contributed by atoms with Crippen LogP contribution in [0.5, 0.6) is 0 Å². The summed E-state index contributed by atoms with van der Waals surface area (Å²) in [5, 5.41) is 2.12. The maximum atomic E-state index is 13.5. The molecule has 0 spiro atoms. The summed E-state index contributed by atoms with van der Waals surface area (Å²) in [5.41, 5.74) is 3.22. The molecular weight excluding hydrogens is 380 g/mol. The van der Waals surface area contributed by atoms with Gasteiger partial charge < -0.3 is 9.80 Å². The Kier molecular flexibility index (Phi) is 5.28. The lowest BCUT2D eigenvalue weighted by atomic mass is 9.92. The standard InChI is InChI=1S/C24H30N2O2S/c1-16-5-7-17(8-6-16)22-19-12-14-29-20(19)11-13-25(22)21(27)15-26(24(2,3)4)23(28)18-9-10-18/h5-8,12,14,18,22H,9-11,13,15H2,1-4H3/t22-/m1/s1. The van der Waals surface area contributed by atoms with E-state index in [0.717, 1.165) is 24.8 Å². The van der Waals surface area contributed by atoms with Gasteiger partial charge in [-0.1, -0.05) is 29.8 Å². The zero-order valence-corrected chi connectivity index (χ0v) is 18.6. The van der Waals surface area contributed by atoms with E-state index in [4.69, 9.17) is 0 Å². The Labute approximate surface area is 177 Å². The molecule has 4 rings (SSSR count). The van der Waals surface area contributed by atoms with E-state index in [2.05, 4.69) is 42.6 Å². The van der Waals surface area contributed by atoms with Crippen molar-refractivity contribution in [2.24, 2.45) is 5.92 Å². The maximum Gasteiger partial charge on any atom is 0.243 e. The summed E-state index contributed by atoms with van der Waals surface area (Å²) in [6.45, 7) is 8.98. The number of thiophene rings is 1. The number of aryl methyl sites for hydroxylation is 1. The Hall–Kier alpha value is -2.14. The van der Waals surface area contributed by atoms with Crippen molar-refractivity contribution in [2.75, 3.05) is 13.1 Å². The van der Waals surface area contributed by atoms with Crippen molar-refractivity contribution in [3.05, 3.63) is 57.3 Å². The summed E-state index contributed by atoms with van der Waals surface area (Å²) >= 11 is 1.77. The lowest BCUT2D eigenvalue weighted by Gasteiger charge is -2.40. The molecule has 2 heterocycles. The van der Waals surface area contributed by atoms with E-state index in [1.54, 1.807) is 16.2 Å². The molecule has 1 fully saturated rings. The molecule has 0 unspecified atom stereocenters. The van der Waals surface area contributed by atoms with E-state index >= 15 is 0 Å². The highest BCUT2D eigenvalue weighted by Gasteiger charge is 2.40. The molecule has 5 heteroatoms. The first-order valence-electron chi connectivity index (χ1n) is 10.5. The third-order valence-corrected chi connectivity index (χ3v) is 6.97. The average molecular weight is 411 g/mol. The third-order valence-electron chi connectivity index (χ3n) is 5.98. The Bertz CT molecular complexity index is 906. The number of carbonyl (C=O) groups excluding carboxylic acids is 2. The lowest BCUT2D eigenvalue weighted by Crippen LogP contribution is -2.53. The minimum Gasteiger partial charge on any atom is -0.330 e. The maximum absolute atomic E-state index is 13.5. The minimum absolute atomic E-state index is 0.0383. The highest BCUT2D eigenvalue weighted by atomic mass is 32.1. The zero-order chi connectivity index (χ0) is 20.8. The van der Waals surface area contributed by atoms with Crippen LogP contribution in [-0.4, -0.2) is 40.2 Å². The van der Waals surface area contributed by atoms with Gasteiger partial charge in [0.2, 0.25) is 11.8 Å². The summed E-state index contributed by atoms with van der Waals surface area (Å²) in [4.78, 5) is 31.5. The van der Waals surface area contributed by atoms with Crippen LogP contribution in [0.1, 0.15) is 61.2 Å². The quantitative estimate of drug-likeness (QED) is 0.741. The molecule has 0 radical (unpaired) electrons. The van der Waals surface area contributed by atoms with Crippen LogP contribution in [0.25, 0.3) is 0 Å². The molecule has 1 aliphatic carbocycles. The molecule has 1 saturated carbocycles. The summed E-state index contributed by atoms with van der Waals surface area (Å²) in [6.07, 6.45) is 2.79. The van der Waals surface area contributed by atoms with Crippen molar-refractivity contribution in [3.63, 3.8) is 0 Å². The molecule has 1 atom stereocenters. The first kappa shape index (κ1) is 20.1. The molecule has 29 heavy (non-hydrogen) atoms. The van der Waals surface area contributed by atoms with Crippen molar-refractivity contribution in [3.8, 4) is 0 Å². The van der Waals surface area contributed by atoms with Crippen LogP contribution in [0.4, 0.5) is 0 Å². The van der Waals surface area contributed by atoms with Crippen molar-refractivity contribution in [1.82, 2.24) is 9.80 Å². The van der Waals surface area contributed by atoms with Gasteiger partial charge in [-0.25, -0.2) is 0 Å². The first-order valence-corrected chi connectivity index (χ1v) is 11.4. The molecule has 0 saturated heterocycles. The second-order valence-corrected chi connectivity index (χ2v) is 10.3. The third kappa shape index (κ3) is 4.11. The van der Waals surface area contributed by atoms with Crippen molar-refractivity contribution in [1.29, 1.82) is 0 Å². The summed E-state index contributed by atoms with van der Waals surface area (Å²) < 4.78 is 0. The predicted octanol–water partition coefficient (Wildman–Crippen LogP) is 4.57. The van der Waals surface area contributed by atoms with Gasteiger partial charge in [-0.2, -0.15) is 0 Å². The largest absolute Gasteiger partial charge is 0.330 e. The van der Waals surface area contributed by atoms with Gasteiger partial charge in [0.25, 0.3) is 0 Å². The van der Waals surface area contributed by atoms with E-state index in [1.165, 1.54) is 16.0 Å². The SMILES string of the molecule is Cc1ccc([C@@H]2c3ccsc3CCN2C(=O)CN(C(=O)C2CC2)C(C)(C)C)cc1. The number of rotatable bonds is 4. The summed E-state index contributed by atoms with van der Waals surface area (Å²) in [7, 11) is 0. The second-order valence-electron chi connectivity index (χ2n) is 9.32. The number of hydrogen-bond donors (Lipinski definition) is 0. The highest BCUT2D eigenvalue weighted by Crippen LogP contribution is 2.38. The molecule has 154 valence electrons. The van der Waals surface area contributed by atoms with Crippen LogP contribution in [0, 0.1) is 12.8 Å². The molecule has 1 aromatic carbocycles. The monoisotopic (exact) mass is 410 g/mol. The van der Waals surface area contributed by atoms with Crippen LogP contribution in [-0.2, 0) is 16.0 Å². The van der Waals surface area contributed by atoms with Crippen LogP contribution >= 0.6 is 11.3 Å². The van der Waals surface area contributed by atoms with Crippen LogP contribution in [0.3, 0.4) is 0 Å². The average Bonchev–Trinajstić information content (AvgIpc) is 3.41. The van der Waals surface area contributed by atoms with E-state index in [0.29, 0.717) is 6.54 Å². The van der Waals surface area contributed by atoms with Crippen molar-refractivity contribution >= 4 is 23.2 Å². The molecule has 4 nitrogen and oxygen atoms in total.